The van der Waals surface area contributed by atoms with Crippen molar-refractivity contribution < 1.29 is 14.0 Å². The number of likely N-dealkylation sites (N-methyl/N-ethyl adjacent to an activating group) is 1. The molecule has 0 fully saturated rings. The Labute approximate surface area is 110 Å². The van der Waals surface area contributed by atoms with E-state index in [1.807, 2.05) is 0 Å². The largest absolute Gasteiger partial charge is 0.368 e. The summed E-state index contributed by atoms with van der Waals surface area (Å²) in [5, 5.41) is 0. The van der Waals surface area contributed by atoms with Gasteiger partial charge in [0.25, 0.3) is 5.91 Å². The molecule has 0 aromatic heterocycles. The second-order valence-corrected chi connectivity index (χ2v) is 3.82. The van der Waals surface area contributed by atoms with Crippen LogP contribution in [0.1, 0.15) is 15.9 Å². The van der Waals surface area contributed by atoms with E-state index in [0.717, 1.165) is 11.0 Å². The smallest absolute Gasteiger partial charge is 0.255 e. The lowest BCUT2D eigenvalue weighted by Gasteiger charge is -2.16. The normalized spacial score (nSPS) is 9.42. The van der Waals surface area contributed by atoms with Gasteiger partial charge in [-0.1, -0.05) is 11.8 Å². The van der Waals surface area contributed by atoms with Gasteiger partial charge in [0, 0.05) is 12.6 Å². The van der Waals surface area contributed by atoms with Crippen molar-refractivity contribution in [1.82, 2.24) is 4.90 Å². The molecule has 0 aliphatic carbocycles. The molecule has 1 aromatic rings. The lowest BCUT2D eigenvalue weighted by Crippen LogP contribution is -2.35. The van der Waals surface area contributed by atoms with Crippen molar-refractivity contribution in [2.45, 2.75) is 0 Å². The fraction of sp³-hybridized carbons (Fsp3) is 0.231. The van der Waals surface area contributed by atoms with Gasteiger partial charge >= 0.3 is 0 Å². The van der Waals surface area contributed by atoms with Gasteiger partial charge in [0.1, 0.15) is 5.82 Å². The molecule has 0 aliphatic rings. The average molecular weight is 263 g/mol. The Morgan fingerprint density at radius 1 is 1.42 bits per heavy atom. The summed E-state index contributed by atoms with van der Waals surface area (Å²) < 4.78 is 13.2. The van der Waals surface area contributed by atoms with Crippen LogP contribution in [0.4, 0.5) is 4.39 Å². The maximum atomic E-state index is 13.2. The molecule has 4 N–H and O–H groups in total. The highest BCUT2D eigenvalue weighted by atomic mass is 19.1. The predicted octanol–water partition coefficient (Wildman–Crippen LogP) is -0.307. The zero-order valence-corrected chi connectivity index (χ0v) is 10.4. The lowest BCUT2D eigenvalue weighted by molar-refractivity contribution is -0.118. The topological polar surface area (TPSA) is 89.4 Å². The van der Waals surface area contributed by atoms with E-state index in [2.05, 4.69) is 11.8 Å². The summed E-state index contributed by atoms with van der Waals surface area (Å²) in [6.45, 7) is -0.124. The number of primary amides is 1. The number of carbonyl (C=O) groups excluding carboxylic acids is 2. The first kappa shape index (κ1) is 14.7. The number of hydrogen-bond acceptors (Lipinski definition) is 3. The van der Waals surface area contributed by atoms with Gasteiger partial charge < -0.3 is 16.4 Å². The minimum absolute atomic E-state index is 0.0738. The monoisotopic (exact) mass is 263 g/mol. The third-order valence-electron chi connectivity index (χ3n) is 2.28. The van der Waals surface area contributed by atoms with Gasteiger partial charge in [-0.15, -0.1) is 0 Å². The van der Waals surface area contributed by atoms with Gasteiger partial charge in [0.2, 0.25) is 5.91 Å². The number of rotatable bonds is 3. The van der Waals surface area contributed by atoms with Crippen LogP contribution in [0.25, 0.3) is 0 Å². The summed E-state index contributed by atoms with van der Waals surface area (Å²) in [6, 6.07) is 3.66. The minimum atomic E-state index is -0.651. The van der Waals surface area contributed by atoms with Crippen LogP contribution in [0.3, 0.4) is 0 Å². The van der Waals surface area contributed by atoms with Crippen molar-refractivity contribution in [3.8, 4) is 11.8 Å². The third-order valence-corrected chi connectivity index (χ3v) is 2.28. The molecule has 100 valence electrons. The number of carbonyl (C=O) groups is 2. The molecule has 2 amide bonds. The van der Waals surface area contributed by atoms with Crippen molar-refractivity contribution in [1.29, 1.82) is 0 Å². The Hall–Kier alpha value is -2.39. The molecule has 0 aliphatic heterocycles. The number of amides is 2. The Morgan fingerprint density at radius 3 is 2.68 bits per heavy atom. The summed E-state index contributed by atoms with van der Waals surface area (Å²) in [5.41, 5.74) is 10.7. The second-order valence-electron chi connectivity index (χ2n) is 3.82. The Kier molecular flexibility index (Phi) is 5.03. The first-order valence-corrected chi connectivity index (χ1v) is 5.48. The molecule has 6 heteroatoms. The quantitative estimate of drug-likeness (QED) is 0.733. The van der Waals surface area contributed by atoms with Crippen LogP contribution in [-0.2, 0) is 4.79 Å². The number of hydrogen-bond donors (Lipinski definition) is 2. The van der Waals surface area contributed by atoms with Crippen LogP contribution in [0.15, 0.2) is 18.2 Å². The van der Waals surface area contributed by atoms with Crippen molar-refractivity contribution in [2.24, 2.45) is 11.5 Å². The maximum Gasteiger partial charge on any atom is 0.255 e. The van der Waals surface area contributed by atoms with E-state index in [0.29, 0.717) is 5.56 Å². The number of halogens is 1. The van der Waals surface area contributed by atoms with E-state index in [4.69, 9.17) is 11.5 Å². The molecule has 0 unspecified atom stereocenters. The van der Waals surface area contributed by atoms with Crippen molar-refractivity contribution in [3.05, 3.63) is 35.1 Å². The molecule has 1 rings (SSSR count). The van der Waals surface area contributed by atoms with Crippen LogP contribution in [0, 0.1) is 17.7 Å². The van der Waals surface area contributed by atoms with Gasteiger partial charge in [0.05, 0.1) is 18.7 Å². The van der Waals surface area contributed by atoms with Crippen molar-refractivity contribution in [2.75, 3.05) is 20.1 Å². The summed E-state index contributed by atoms with van der Waals surface area (Å²) in [4.78, 5) is 23.9. The zero-order chi connectivity index (χ0) is 14.4. The first-order chi connectivity index (χ1) is 8.95. The highest BCUT2D eigenvalue weighted by Crippen LogP contribution is 2.12. The van der Waals surface area contributed by atoms with Gasteiger partial charge in [-0.25, -0.2) is 4.39 Å². The molecule has 5 nitrogen and oxygen atoms in total. The van der Waals surface area contributed by atoms with Crippen LogP contribution >= 0.6 is 0 Å². The summed E-state index contributed by atoms with van der Waals surface area (Å²) >= 11 is 0. The van der Waals surface area contributed by atoms with Crippen LogP contribution < -0.4 is 11.5 Å². The van der Waals surface area contributed by atoms with Crippen molar-refractivity contribution in [3.63, 3.8) is 0 Å². The zero-order valence-electron chi connectivity index (χ0n) is 10.4. The SMILES string of the molecule is CN(CC(N)=O)C(=O)c1cc(F)ccc1C#CCN. The van der Waals surface area contributed by atoms with E-state index in [-0.39, 0.29) is 18.7 Å². The molecule has 0 radical (unpaired) electrons. The number of nitrogens with zero attached hydrogens (tertiary/aromatic N) is 1. The molecule has 0 atom stereocenters. The van der Waals surface area contributed by atoms with E-state index in [1.165, 1.54) is 19.2 Å². The number of benzene rings is 1. The van der Waals surface area contributed by atoms with E-state index in [9.17, 15) is 14.0 Å². The second kappa shape index (κ2) is 6.52. The molecule has 0 bridgehead atoms. The summed E-state index contributed by atoms with van der Waals surface area (Å²) in [6.07, 6.45) is 0. The highest BCUT2D eigenvalue weighted by Gasteiger charge is 2.17. The van der Waals surface area contributed by atoms with Crippen LogP contribution in [0.5, 0.6) is 0 Å². The van der Waals surface area contributed by atoms with Gasteiger partial charge in [-0.05, 0) is 18.2 Å². The fourth-order valence-corrected chi connectivity index (χ4v) is 1.46. The van der Waals surface area contributed by atoms with Gasteiger partial charge in [-0.3, -0.25) is 9.59 Å². The van der Waals surface area contributed by atoms with Gasteiger partial charge in [0.15, 0.2) is 0 Å². The first-order valence-electron chi connectivity index (χ1n) is 5.48. The molecule has 0 saturated carbocycles. The Morgan fingerprint density at radius 2 is 2.11 bits per heavy atom. The molecule has 0 spiro atoms. The maximum absolute atomic E-state index is 13.2. The predicted molar refractivity (Wildman–Crippen MR) is 68.5 cm³/mol. The van der Waals surface area contributed by atoms with Crippen LogP contribution in [0.2, 0.25) is 0 Å². The molecule has 0 saturated heterocycles. The van der Waals surface area contributed by atoms with Gasteiger partial charge in [-0.2, -0.15) is 0 Å². The van der Waals surface area contributed by atoms with Crippen LogP contribution in [-0.4, -0.2) is 36.9 Å². The lowest BCUT2D eigenvalue weighted by atomic mass is 10.1. The molecule has 0 heterocycles. The Balaban J connectivity index is 3.13. The molecular formula is C13H14FN3O2. The third kappa shape index (κ3) is 4.08. The Bertz CT molecular complexity index is 561. The molecular weight excluding hydrogens is 249 g/mol. The standard InChI is InChI=1S/C13H14FN3O2/c1-17(8-12(16)18)13(19)11-7-10(14)5-4-9(11)3-2-6-15/h4-5,7H,6,8,15H2,1H3,(H2,16,18). The van der Waals surface area contributed by atoms with E-state index in [1.54, 1.807) is 0 Å². The summed E-state index contributed by atoms with van der Waals surface area (Å²) in [7, 11) is 1.40. The van der Waals surface area contributed by atoms with Crippen molar-refractivity contribution >= 4 is 11.8 Å². The minimum Gasteiger partial charge on any atom is -0.368 e. The average Bonchev–Trinajstić information content (AvgIpc) is 2.35. The van der Waals surface area contributed by atoms with E-state index >= 15 is 0 Å². The molecule has 1 aromatic carbocycles. The molecule has 19 heavy (non-hydrogen) atoms. The fourth-order valence-electron chi connectivity index (χ4n) is 1.46. The number of nitrogens with two attached hydrogens (primary N) is 2. The summed E-state index contributed by atoms with van der Waals surface area (Å²) in [5.74, 6) is 3.54. The van der Waals surface area contributed by atoms with E-state index < -0.39 is 17.6 Å². The highest BCUT2D eigenvalue weighted by molar-refractivity contribution is 5.98.